The van der Waals surface area contributed by atoms with Gasteiger partial charge in [-0.2, -0.15) is 13.2 Å². The number of nitrogens with two attached hydrogens (primary N) is 1. The SMILES string of the molecule is Nc1ccc(COC(=O)Nc2ccc3c(C(F)(F)F)cc(=O)oc3c2)cc1. The van der Waals surface area contributed by atoms with E-state index < -0.39 is 23.5 Å². The lowest BCUT2D eigenvalue weighted by Crippen LogP contribution is -2.14. The van der Waals surface area contributed by atoms with Gasteiger partial charge in [-0.25, -0.2) is 9.59 Å². The van der Waals surface area contributed by atoms with Gasteiger partial charge in [0.2, 0.25) is 0 Å². The van der Waals surface area contributed by atoms with Crippen LogP contribution in [0.2, 0.25) is 0 Å². The van der Waals surface area contributed by atoms with Crippen LogP contribution < -0.4 is 16.7 Å². The number of fused-ring (bicyclic) bond motifs is 1. The summed E-state index contributed by atoms with van der Waals surface area (Å²) in [6.07, 6.45) is -5.53. The first-order chi connectivity index (χ1) is 12.7. The Kier molecular flexibility index (Phi) is 4.76. The monoisotopic (exact) mass is 378 g/mol. The third-order valence-corrected chi connectivity index (χ3v) is 3.65. The molecule has 0 saturated carbocycles. The lowest BCUT2D eigenvalue weighted by Gasteiger charge is -2.11. The predicted molar refractivity (Wildman–Crippen MR) is 92.1 cm³/mol. The Balaban J connectivity index is 1.76. The molecule has 0 saturated heterocycles. The average Bonchev–Trinajstić information content (AvgIpc) is 2.59. The molecular formula is C18H13F3N2O4. The molecule has 0 unspecified atom stereocenters. The Morgan fingerprint density at radius 3 is 2.48 bits per heavy atom. The van der Waals surface area contributed by atoms with Crippen LogP contribution in [0.5, 0.6) is 0 Å². The second kappa shape index (κ2) is 7.02. The van der Waals surface area contributed by atoms with Crippen molar-refractivity contribution < 1.29 is 27.1 Å². The highest BCUT2D eigenvalue weighted by Gasteiger charge is 2.33. The highest BCUT2D eigenvalue weighted by Crippen LogP contribution is 2.34. The standard InChI is InChI=1S/C18H13F3N2O4/c19-18(20,21)14-8-16(24)27-15-7-12(5-6-13(14)15)23-17(25)26-9-10-1-3-11(22)4-2-10/h1-8H,9,22H2,(H,23,25). The second-order valence-electron chi connectivity index (χ2n) is 5.63. The Hall–Kier alpha value is -3.49. The molecule has 0 aliphatic carbocycles. The zero-order valence-corrected chi connectivity index (χ0v) is 13.7. The number of amides is 1. The van der Waals surface area contributed by atoms with E-state index in [0.717, 1.165) is 12.1 Å². The Morgan fingerprint density at radius 2 is 1.81 bits per heavy atom. The molecule has 0 aliphatic heterocycles. The third kappa shape index (κ3) is 4.38. The number of carbonyl (C=O) groups is 1. The van der Waals surface area contributed by atoms with E-state index in [9.17, 15) is 22.8 Å². The molecule has 6 nitrogen and oxygen atoms in total. The first kappa shape index (κ1) is 18.3. The van der Waals surface area contributed by atoms with Gasteiger partial charge in [-0.1, -0.05) is 12.1 Å². The number of alkyl halides is 3. The minimum atomic E-state index is -4.71. The number of benzene rings is 2. The van der Waals surface area contributed by atoms with Crippen LogP contribution in [-0.4, -0.2) is 6.09 Å². The van der Waals surface area contributed by atoms with Crippen molar-refractivity contribution in [1.29, 1.82) is 0 Å². The summed E-state index contributed by atoms with van der Waals surface area (Å²) in [5.74, 6) is 0. The van der Waals surface area contributed by atoms with E-state index in [-0.39, 0.29) is 23.3 Å². The summed E-state index contributed by atoms with van der Waals surface area (Å²) in [6.45, 7) is -0.0208. The van der Waals surface area contributed by atoms with Crippen molar-refractivity contribution in [3.63, 3.8) is 0 Å². The van der Waals surface area contributed by atoms with E-state index >= 15 is 0 Å². The fourth-order valence-electron chi connectivity index (χ4n) is 2.39. The minimum Gasteiger partial charge on any atom is -0.444 e. The summed E-state index contributed by atoms with van der Waals surface area (Å²) >= 11 is 0. The summed E-state index contributed by atoms with van der Waals surface area (Å²) < 4.78 is 48.9. The molecule has 3 rings (SSSR count). The van der Waals surface area contributed by atoms with Crippen LogP contribution in [-0.2, 0) is 17.5 Å². The van der Waals surface area contributed by atoms with E-state index in [1.807, 2.05) is 0 Å². The van der Waals surface area contributed by atoms with Crippen molar-refractivity contribution in [1.82, 2.24) is 0 Å². The number of nitrogen functional groups attached to an aromatic ring is 1. The van der Waals surface area contributed by atoms with Crippen molar-refractivity contribution in [2.45, 2.75) is 12.8 Å². The van der Waals surface area contributed by atoms with Crippen LogP contribution in [0.15, 0.2) is 57.7 Å². The Labute approximate surface area is 150 Å². The molecule has 0 bridgehead atoms. The molecule has 140 valence electrons. The fourth-order valence-corrected chi connectivity index (χ4v) is 2.39. The molecule has 0 radical (unpaired) electrons. The highest BCUT2D eigenvalue weighted by molar-refractivity contribution is 5.90. The van der Waals surface area contributed by atoms with E-state index in [2.05, 4.69) is 5.32 Å². The number of nitrogens with one attached hydrogen (secondary N) is 1. The van der Waals surface area contributed by atoms with E-state index in [1.54, 1.807) is 24.3 Å². The number of rotatable bonds is 3. The normalized spacial score (nSPS) is 11.4. The van der Waals surface area contributed by atoms with Crippen LogP contribution >= 0.6 is 0 Å². The van der Waals surface area contributed by atoms with Gasteiger partial charge < -0.3 is 14.9 Å². The Bertz CT molecular complexity index is 1040. The summed E-state index contributed by atoms with van der Waals surface area (Å²) in [5.41, 5.74) is 4.40. The van der Waals surface area contributed by atoms with Crippen LogP contribution in [0.3, 0.4) is 0 Å². The molecule has 0 spiro atoms. The van der Waals surface area contributed by atoms with E-state index in [4.69, 9.17) is 14.9 Å². The van der Waals surface area contributed by atoms with E-state index in [1.165, 1.54) is 6.07 Å². The maximum atomic E-state index is 13.0. The quantitative estimate of drug-likeness (QED) is 0.528. The molecule has 0 aliphatic rings. The highest BCUT2D eigenvalue weighted by atomic mass is 19.4. The van der Waals surface area contributed by atoms with Crippen LogP contribution in [0.1, 0.15) is 11.1 Å². The zero-order chi connectivity index (χ0) is 19.6. The first-order valence-electron chi connectivity index (χ1n) is 7.66. The van der Waals surface area contributed by atoms with E-state index in [0.29, 0.717) is 17.3 Å². The lowest BCUT2D eigenvalue weighted by atomic mass is 10.1. The molecule has 1 heterocycles. The van der Waals surface area contributed by atoms with Crippen molar-refractivity contribution in [3.8, 4) is 0 Å². The zero-order valence-electron chi connectivity index (χ0n) is 13.7. The number of ether oxygens (including phenoxy) is 1. The summed E-state index contributed by atoms with van der Waals surface area (Å²) in [6, 6.07) is 10.5. The number of carbonyl (C=O) groups excluding carboxylic acids is 1. The van der Waals surface area contributed by atoms with Gasteiger partial charge in [0.1, 0.15) is 12.2 Å². The molecule has 27 heavy (non-hydrogen) atoms. The van der Waals surface area contributed by atoms with Gasteiger partial charge >= 0.3 is 17.9 Å². The number of hydrogen-bond donors (Lipinski definition) is 2. The predicted octanol–water partition coefficient (Wildman–Crippen LogP) is 4.14. The number of halogens is 3. The molecule has 3 aromatic rings. The average molecular weight is 378 g/mol. The molecular weight excluding hydrogens is 365 g/mol. The molecule has 1 amide bonds. The van der Waals surface area contributed by atoms with Crippen LogP contribution in [0.4, 0.5) is 29.3 Å². The summed E-state index contributed by atoms with van der Waals surface area (Å²) in [7, 11) is 0. The first-order valence-corrected chi connectivity index (χ1v) is 7.66. The van der Waals surface area contributed by atoms with Crippen molar-refractivity contribution in [2.24, 2.45) is 0 Å². The van der Waals surface area contributed by atoms with Gasteiger partial charge in [0.25, 0.3) is 0 Å². The van der Waals surface area contributed by atoms with Crippen LogP contribution in [0.25, 0.3) is 11.0 Å². The molecule has 0 atom stereocenters. The van der Waals surface area contributed by atoms with Crippen molar-refractivity contribution in [2.75, 3.05) is 11.1 Å². The molecule has 1 aromatic heterocycles. The third-order valence-electron chi connectivity index (χ3n) is 3.65. The van der Waals surface area contributed by atoms with Gasteiger partial charge in [-0.05, 0) is 29.8 Å². The Morgan fingerprint density at radius 1 is 1.11 bits per heavy atom. The summed E-state index contributed by atoms with van der Waals surface area (Å²) in [5, 5.41) is 2.08. The second-order valence-corrected chi connectivity index (χ2v) is 5.63. The number of hydrogen-bond acceptors (Lipinski definition) is 5. The maximum Gasteiger partial charge on any atom is 0.417 e. The van der Waals surface area contributed by atoms with Gasteiger partial charge in [0.05, 0.1) is 5.56 Å². The molecule has 2 aromatic carbocycles. The fraction of sp³-hybridized carbons (Fsp3) is 0.111. The molecule has 9 heteroatoms. The largest absolute Gasteiger partial charge is 0.444 e. The van der Waals surface area contributed by atoms with Gasteiger partial charge in [-0.3, -0.25) is 5.32 Å². The van der Waals surface area contributed by atoms with Gasteiger partial charge in [0.15, 0.2) is 0 Å². The number of anilines is 2. The van der Waals surface area contributed by atoms with Crippen LogP contribution in [0, 0.1) is 0 Å². The van der Waals surface area contributed by atoms with Crippen molar-refractivity contribution in [3.05, 3.63) is 70.1 Å². The van der Waals surface area contributed by atoms with Crippen molar-refractivity contribution >= 4 is 28.4 Å². The smallest absolute Gasteiger partial charge is 0.417 e. The van der Waals surface area contributed by atoms with Gasteiger partial charge in [-0.15, -0.1) is 0 Å². The topological polar surface area (TPSA) is 94.6 Å². The maximum absolute atomic E-state index is 13.0. The molecule has 3 N–H and O–H groups in total. The summed E-state index contributed by atoms with van der Waals surface area (Å²) in [4.78, 5) is 23.2. The lowest BCUT2D eigenvalue weighted by molar-refractivity contribution is -0.136. The molecule has 0 fully saturated rings. The van der Waals surface area contributed by atoms with Gasteiger partial charge in [0, 0.05) is 28.9 Å². The minimum absolute atomic E-state index is 0.0208.